The molecule has 1 saturated heterocycles. The first-order valence-corrected chi connectivity index (χ1v) is 8.01. The quantitative estimate of drug-likeness (QED) is 0.803. The number of ether oxygens (including phenoxy) is 1. The van der Waals surface area contributed by atoms with E-state index < -0.39 is 10.0 Å². The van der Waals surface area contributed by atoms with E-state index in [-0.39, 0.29) is 23.2 Å². The van der Waals surface area contributed by atoms with Crippen molar-refractivity contribution in [2.75, 3.05) is 26.0 Å². The average Bonchev–Trinajstić information content (AvgIpc) is 2.47. The Balaban J connectivity index is 2.36. The van der Waals surface area contributed by atoms with Crippen molar-refractivity contribution in [2.24, 2.45) is 0 Å². The highest BCUT2D eigenvalue weighted by Crippen LogP contribution is 2.29. The van der Waals surface area contributed by atoms with Crippen LogP contribution in [0.5, 0.6) is 5.75 Å². The van der Waals surface area contributed by atoms with Gasteiger partial charge in [0.15, 0.2) is 0 Å². The fraction of sp³-hybridized carbons (Fsp3) is 0.538. The summed E-state index contributed by atoms with van der Waals surface area (Å²) in [5, 5.41) is 9.36. The zero-order valence-corrected chi connectivity index (χ0v) is 12.3. The van der Waals surface area contributed by atoms with Gasteiger partial charge in [-0.1, -0.05) is 6.42 Å². The second-order valence-electron chi connectivity index (χ2n) is 4.85. The zero-order valence-electron chi connectivity index (χ0n) is 11.4. The summed E-state index contributed by atoms with van der Waals surface area (Å²) in [6.45, 7) is 0.268. The third-order valence-corrected chi connectivity index (χ3v) is 5.54. The standard InChI is InChI=1S/C13H20N2O4S/c1-19-13-6-5-11(8-12(13)14)20(17,18)15-7-3-2-4-10(15)9-16/h5-6,8,10,16H,2-4,7,9,14H2,1H3. The van der Waals surface area contributed by atoms with Crippen molar-refractivity contribution in [3.05, 3.63) is 18.2 Å². The molecular weight excluding hydrogens is 280 g/mol. The molecule has 20 heavy (non-hydrogen) atoms. The maximum atomic E-state index is 12.6. The van der Waals surface area contributed by atoms with Crippen molar-refractivity contribution in [1.82, 2.24) is 4.31 Å². The van der Waals surface area contributed by atoms with Crippen LogP contribution in [-0.2, 0) is 10.0 Å². The third kappa shape index (κ3) is 2.74. The van der Waals surface area contributed by atoms with Crippen LogP contribution in [0.15, 0.2) is 23.1 Å². The molecule has 2 rings (SSSR count). The molecule has 0 saturated carbocycles. The van der Waals surface area contributed by atoms with Gasteiger partial charge < -0.3 is 15.6 Å². The Morgan fingerprint density at radius 3 is 2.80 bits per heavy atom. The minimum absolute atomic E-state index is 0.135. The van der Waals surface area contributed by atoms with E-state index in [1.165, 1.54) is 23.5 Å². The van der Waals surface area contributed by atoms with Gasteiger partial charge in [0, 0.05) is 12.6 Å². The Bertz CT molecular complexity index is 574. The number of piperidine rings is 1. The van der Waals surface area contributed by atoms with E-state index in [4.69, 9.17) is 10.5 Å². The van der Waals surface area contributed by atoms with Gasteiger partial charge in [0.25, 0.3) is 0 Å². The smallest absolute Gasteiger partial charge is 0.243 e. The Hall–Kier alpha value is -1.31. The lowest BCUT2D eigenvalue weighted by molar-refractivity contribution is 0.155. The first kappa shape index (κ1) is 15.1. The Morgan fingerprint density at radius 1 is 1.45 bits per heavy atom. The number of nitrogens with two attached hydrogens (primary N) is 1. The van der Waals surface area contributed by atoms with E-state index in [1.54, 1.807) is 6.07 Å². The summed E-state index contributed by atoms with van der Waals surface area (Å²) in [6.07, 6.45) is 2.42. The van der Waals surface area contributed by atoms with Crippen molar-refractivity contribution < 1.29 is 18.3 Å². The normalized spacial score (nSPS) is 20.8. The van der Waals surface area contributed by atoms with Crippen LogP contribution in [0.4, 0.5) is 5.69 Å². The van der Waals surface area contributed by atoms with Crippen LogP contribution in [0.3, 0.4) is 0 Å². The van der Waals surface area contributed by atoms with Gasteiger partial charge in [-0.2, -0.15) is 4.31 Å². The van der Waals surface area contributed by atoms with Crippen molar-refractivity contribution in [1.29, 1.82) is 0 Å². The highest BCUT2D eigenvalue weighted by Gasteiger charge is 2.33. The molecule has 6 nitrogen and oxygen atoms in total. The fourth-order valence-electron chi connectivity index (χ4n) is 2.48. The van der Waals surface area contributed by atoms with E-state index in [9.17, 15) is 13.5 Å². The number of anilines is 1. The lowest BCUT2D eigenvalue weighted by Gasteiger charge is -2.33. The third-order valence-electron chi connectivity index (χ3n) is 3.59. The lowest BCUT2D eigenvalue weighted by atomic mass is 10.1. The molecule has 3 N–H and O–H groups in total. The molecule has 0 amide bonds. The van der Waals surface area contributed by atoms with E-state index >= 15 is 0 Å². The van der Waals surface area contributed by atoms with Gasteiger partial charge in [-0.25, -0.2) is 8.42 Å². The Labute approximate surface area is 119 Å². The number of aliphatic hydroxyl groups is 1. The number of methoxy groups -OCH3 is 1. The predicted octanol–water partition coefficient (Wildman–Crippen LogP) is 0.813. The maximum absolute atomic E-state index is 12.6. The lowest BCUT2D eigenvalue weighted by Crippen LogP contribution is -2.45. The van der Waals surface area contributed by atoms with E-state index in [2.05, 4.69) is 0 Å². The molecule has 1 aliphatic rings. The van der Waals surface area contributed by atoms with Gasteiger partial charge in [-0.05, 0) is 31.0 Å². The van der Waals surface area contributed by atoms with Crippen molar-refractivity contribution in [2.45, 2.75) is 30.2 Å². The van der Waals surface area contributed by atoms with Crippen LogP contribution < -0.4 is 10.5 Å². The van der Waals surface area contributed by atoms with E-state index in [1.807, 2.05) is 0 Å². The Kier molecular flexibility index (Phi) is 4.52. The molecule has 0 radical (unpaired) electrons. The minimum Gasteiger partial charge on any atom is -0.495 e. The van der Waals surface area contributed by atoms with Crippen molar-refractivity contribution >= 4 is 15.7 Å². The highest BCUT2D eigenvalue weighted by atomic mass is 32.2. The van der Waals surface area contributed by atoms with Crippen LogP contribution in [0.25, 0.3) is 0 Å². The largest absolute Gasteiger partial charge is 0.495 e. The van der Waals surface area contributed by atoms with Gasteiger partial charge in [-0.15, -0.1) is 0 Å². The first-order valence-electron chi connectivity index (χ1n) is 6.57. The number of benzene rings is 1. The van der Waals surface area contributed by atoms with Gasteiger partial charge >= 0.3 is 0 Å². The number of hydrogen-bond donors (Lipinski definition) is 2. The minimum atomic E-state index is -3.63. The summed E-state index contributed by atoms with van der Waals surface area (Å²) in [5.41, 5.74) is 6.05. The summed E-state index contributed by atoms with van der Waals surface area (Å²) in [4.78, 5) is 0.135. The molecule has 1 heterocycles. The molecule has 0 bridgehead atoms. The molecule has 1 fully saturated rings. The zero-order chi connectivity index (χ0) is 14.8. The van der Waals surface area contributed by atoms with Crippen LogP contribution >= 0.6 is 0 Å². The molecule has 1 atom stereocenters. The molecule has 112 valence electrons. The molecular formula is C13H20N2O4S. The molecule has 1 aromatic rings. The van der Waals surface area contributed by atoms with Crippen LogP contribution in [0.2, 0.25) is 0 Å². The summed E-state index contributed by atoms with van der Waals surface area (Å²) >= 11 is 0. The monoisotopic (exact) mass is 300 g/mol. The van der Waals surface area contributed by atoms with E-state index in [0.29, 0.717) is 18.7 Å². The second kappa shape index (κ2) is 5.99. The molecule has 1 aliphatic heterocycles. The summed E-state index contributed by atoms with van der Waals surface area (Å²) in [7, 11) is -2.15. The molecule has 0 spiro atoms. The van der Waals surface area contributed by atoms with Gasteiger partial charge in [0.05, 0.1) is 24.3 Å². The topological polar surface area (TPSA) is 92.9 Å². The number of rotatable bonds is 4. The average molecular weight is 300 g/mol. The van der Waals surface area contributed by atoms with Gasteiger partial charge in [-0.3, -0.25) is 0 Å². The number of sulfonamides is 1. The summed E-state index contributed by atoms with van der Waals surface area (Å²) < 4.78 is 31.7. The molecule has 7 heteroatoms. The SMILES string of the molecule is COc1ccc(S(=O)(=O)N2CCCCC2CO)cc1N. The summed E-state index contributed by atoms with van der Waals surface area (Å²) in [5.74, 6) is 0.446. The molecule has 0 aromatic heterocycles. The molecule has 0 aliphatic carbocycles. The number of aliphatic hydroxyl groups excluding tert-OH is 1. The number of hydrogen-bond acceptors (Lipinski definition) is 5. The van der Waals surface area contributed by atoms with Crippen LogP contribution in [0.1, 0.15) is 19.3 Å². The van der Waals surface area contributed by atoms with Crippen molar-refractivity contribution in [3.63, 3.8) is 0 Å². The molecule has 1 unspecified atom stereocenters. The Morgan fingerprint density at radius 2 is 2.20 bits per heavy atom. The number of nitrogens with zero attached hydrogens (tertiary/aromatic N) is 1. The number of nitrogen functional groups attached to an aromatic ring is 1. The first-order chi connectivity index (χ1) is 9.50. The maximum Gasteiger partial charge on any atom is 0.243 e. The fourth-order valence-corrected chi connectivity index (χ4v) is 4.20. The van der Waals surface area contributed by atoms with Crippen LogP contribution in [-0.4, -0.2) is 44.1 Å². The van der Waals surface area contributed by atoms with Gasteiger partial charge in [0.1, 0.15) is 5.75 Å². The van der Waals surface area contributed by atoms with Crippen molar-refractivity contribution in [3.8, 4) is 5.75 Å². The predicted molar refractivity (Wildman–Crippen MR) is 76.0 cm³/mol. The highest BCUT2D eigenvalue weighted by molar-refractivity contribution is 7.89. The van der Waals surface area contributed by atoms with E-state index in [0.717, 1.165) is 12.8 Å². The second-order valence-corrected chi connectivity index (χ2v) is 6.74. The summed E-state index contributed by atoms with van der Waals surface area (Å²) in [6, 6.07) is 4.07. The van der Waals surface area contributed by atoms with Crippen LogP contribution in [0, 0.1) is 0 Å². The molecule has 1 aromatic carbocycles. The van der Waals surface area contributed by atoms with Gasteiger partial charge in [0.2, 0.25) is 10.0 Å².